The number of aryl methyl sites for hydroxylation is 1. The Labute approximate surface area is 109 Å². The van der Waals surface area contributed by atoms with E-state index in [2.05, 4.69) is 21.7 Å². The van der Waals surface area contributed by atoms with Gasteiger partial charge in [-0.1, -0.05) is 17.7 Å². The lowest BCUT2D eigenvalue weighted by molar-refractivity contribution is 0.734. The van der Waals surface area contributed by atoms with Gasteiger partial charge in [-0.05, 0) is 49.7 Å². The lowest BCUT2D eigenvalue weighted by atomic mass is 10.1. The van der Waals surface area contributed by atoms with E-state index in [1.54, 1.807) is 0 Å². The van der Waals surface area contributed by atoms with Crippen LogP contribution in [-0.4, -0.2) is 14.8 Å². The van der Waals surface area contributed by atoms with Gasteiger partial charge in [0.1, 0.15) is 0 Å². The molecule has 1 saturated carbocycles. The molecule has 0 unspecified atom stereocenters. The normalized spacial score (nSPS) is 15.2. The molecule has 3 rings (SSSR count). The van der Waals surface area contributed by atoms with Crippen molar-refractivity contribution in [3.05, 3.63) is 33.6 Å². The molecule has 88 valence electrons. The predicted molar refractivity (Wildman–Crippen MR) is 70.9 cm³/mol. The minimum absolute atomic E-state index is 0.509. The Morgan fingerprint density at radius 2 is 2.24 bits per heavy atom. The summed E-state index contributed by atoms with van der Waals surface area (Å²) >= 11 is 11.3. The maximum atomic E-state index is 6.05. The average molecular weight is 266 g/mol. The van der Waals surface area contributed by atoms with E-state index in [1.165, 1.54) is 12.8 Å². The molecule has 1 aromatic carbocycles. The minimum atomic E-state index is 0.509. The second kappa shape index (κ2) is 3.96. The molecule has 1 aliphatic rings. The van der Waals surface area contributed by atoms with Crippen molar-refractivity contribution in [1.29, 1.82) is 0 Å². The second-order valence-corrected chi connectivity index (χ2v) is 5.24. The highest BCUT2D eigenvalue weighted by atomic mass is 35.5. The van der Waals surface area contributed by atoms with Crippen LogP contribution in [0.25, 0.3) is 11.4 Å². The third-order valence-electron chi connectivity index (χ3n) is 3.06. The first-order chi connectivity index (χ1) is 8.16. The Bertz CT molecular complexity index is 625. The van der Waals surface area contributed by atoms with Crippen molar-refractivity contribution in [3.63, 3.8) is 0 Å². The Morgan fingerprint density at radius 3 is 2.94 bits per heavy atom. The van der Waals surface area contributed by atoms with E-state index in [4.69, 9.17) is 23.8 Å². The first-order valence-electron chi connectivity index (χ1n) is 5.60. The molecule has 0 atom stereocenters. The number of hydrogen-bond donors (Lipinski definition) is 1. The van der Waals surface area contributed by atoms with Crippen LogP contribution in [0.3, 0.4) is 0 Å². The summed E-state index contributed by atoms with van der Waals surface area (Å²) in [6.07, 6.45) is 2.36. The lowest BCUT2D eigenvalue weighted by Crippen LogP contribution is -1.98. The van der Waals surface area contributed by atoms with Crippen LogP contribution in [0, 0.1) is 11.7 Å². The van der Waals surface area contributed by atoms with Crippen molar-refractivity contribution in [2.45, 2.75) is 25.8 Å². The van der Waals surface area contributed by atoms with Gasteiger partial charge in [-0.25, -0.2) is 0 Å². The zero-order valence-corrected chi connectivity index (χ0v) is 11.0. The molecule has 17 heavy (non-hydrogen) atoms. The lowest BCUT2D eigenvalue weighted by Gasteiger charge is -2.08. The summed E-state index contributed by atoms with van der Waals surface area (Å²) in [4.78, 5) is 0. The monoisotopic (exact) mass is 265 g/mol. The molecule has 1 fully saturated rings. The number of H-pyrrole nitrogens is 1. The van der Waals surface area contributed by atoms with Gasteiger partial charge < -0.3 is 0 Å². The quantitative estimate of drug-likeness (QED) is 0.836. The first-order valence-corrected chi connectivity index (χ1v) is 6.39. The maximum absolute atomic E-state index is 6.05. The highest BCUT2D eigenvalue weighted by molar-refractivity contribution is 7.71. The highest BCUT2D eigenvalue weighted by Crippen LogP contribution is 2.38. The van der Waals surface area contributed by atoms with Gasteiger partial charge in [-0.3, -0.25) is 9.67 Å². The van der Waals surface area contributed by atoms with Crippen LogP contribution < -0.4 is 0 Å². The Morgan fingerprint density at radius 1 is 1.47 bits per heavy atom. The van der Waals surface area contributed by atoms with Crippen molar-refractivity contribution in [2.75, 3.05) is 0 Å². The number of nitrogens with zero attached hydrogens (tertiary/aromatic N) is 2. The van der Waals surface area contributed by atoms with Gasteiger partial charge >= 0.3 is 0 Å². The summed E-state index contributed by atoms with van der Waals surface area (Å²) in [5.74, 6) is 0.900. The van der Waals surface area contributed by atoms with E-state index in [1.807, 2.05) is 18.2 Å². The zero-order chi connectivity index (χ0) is 12.0. The molecule has 1 aromatic heterocycles. The molecule has 2 aromatic rings. The molecule has 0 radical (unpaired) electrons. The summed E-state index contributed by atoms with van der Waals surface area (Å²) in [5.41, 5.74) is 2.21. The van der Waals surface area contributed by atoms with Gasteiger partial charge in [0.15, 0.2) is 10.6 Å². The molecule has 3 nitrogen and oxygen atoms in total. The number of aromatic nitrogens is 3. The average Bonchev–Trinajstić information content (AvgIpc) is 3.06. The van der Waals surface area contributed by atoms with Gasteiger partial charge in [0.25, 0.3) is 0 Å². The van der Waals surface area contributed by atoms with Crippen molar-refractivity contribution in [3.8, 4) is 11.4 Å². The molecule has 1 aliphatic carbocycles. The number of halogens is 1. The Balaban J connectivity index is 2.21. The summed E-state index contributed by atoms with van der Waals surface area (Å²) in [6.45, 7) is 2.06. The van der Waals surface area contributed by atoms with E-state index in [-0.39, 0.29) is 0 Å². The van der Waals surface area contributed by atoms with Gasteiger partial charge in [0.05, 0.1) is 0 Å². The van der Waals surface area contributed by atoms with Gasteiger partial charge in [0.2, 0.25) is 0 Å². The van der Waals surface area contributed by atoms with Crippen molar-refractivity contribution in [1.82, 2.24) is 14.8 Å². The molecule has 1 heterocycles. The minimum Gasteiger partial charge on any atom is -0.297 e. The molecular formula is C12H12ClN3S. The summed E-state index contributed by atoms with van der Waals surface area (Å²) < 4.78 is 2.80. The van der Waals surface area contributed by atoms with E-state index < -0.39 is 0 Å². The van der Waals surface area contributed by atoms with E-state index >= 15 is 0 Å². The van der Waals surface area contributed by atoms with E-state index in [0.717, 1.165) is 22.0 Å². The summed E-state index contributed by atoms with van der Waals surface area (Å²) in [6, 6.07) is 6.35. The molecule has 5 heteroatoms. The molecule has 1 N–H and O–H groups in total. The number of benzene rings is 1. The fourth-order valence-electron chi connectivity index (χ4n) is 2.00. The standard InChI is InChI=1S/C12H12ClN3S/c1-7-2-3-8(13)6-10(7)11-14-15-12(17)16(11)9-4-5-9/h2-3,6,9H,4-5H2,1H3,(H,15,17). The van der Waals surface area contributed by atoms with E-state index in [9.17, 15) is 0 Å². The zero-order valence-electron chi connectivity index (χ0n) is 9.40. The fourth-order valence-corrected chi connectivity index (χ4v) is 2.45. The second-order valence-electron chi connectivity index (χ2n) is 4.41. The first kappa shape index (κ1) is 11.0. The SMILES string of the molecule is Cc1ccc(Cl)cc1-c1n[nH]c(=S)n1C1CC1. The Kier molecular flexibility index (Phi) is 2.56. The molecular weight excluding hydrogens is 254 g/mol. The van der Waals surface area contributed by atoms with Crippen LogP contribution >= 0.6 is 23.8 Å². The van der Waals surface area contributed by atoms with Crippen molar-refractivity contribution < 1.29 is 0 Å². The predicted octanol–water partition coefficient (Wildman–Crippen LogP) is 3.90. The maximum Gasteiger partial charge on any atom is 0.195 e. The number of nitrogens with one attached hydrogen (secondary N) is 1. The molecule has 0 amide bonds. The number of hydrogen-bond acceptors (Lipinski definition) is 2. The smallest absolute Gasteiger partial charge is 0.195 e. The van der Waals surface area contributed by atoms with Crippen LogP contribution in [0.5, 0.6) is 0 Å². The van der Waals surface area contributed by atoms with Gasteiger partial charge in [-0.15, -0.1) is 0 Å². The van der Waals surface area contributed by atoms with Gasteiger partial charge in [-0.2, -0.15) is 5.10 Å². The molecule has 0 aliphatic heterocycles. The topological polar surface area (TPSA) is 33.6 Å². The Hall–Kier alpha value is -1.13. The third-order valence-corrected chi connectivity index (χ3v) is 3.58. The molecule has 0 spiro atoms. The van der Waals surface area contributed by atoms with Crippen LogP contribution in [0.1, 0.15) is 24.4 Å². The van der Waals surface area contributed by atoms with Crippen LogP contribution in [-0.2, 0) is 0 Å². The third kappa shape index (κ3) is 1.91. The largest absolute Gasteiger partial charge is 0.297 e. The number of rotatable bonds is 2. The number of aromatic amines is 1. The fraction of sp³-hybridized carbons (Fsp3) is 0.333. The van der Waals surface area contributed by atoms with Crippen LogP contribution in [0.2, 0.25) is 5.02 Å². The van der Waals surface area contributed by atoms with Crippen LogP contribution in [0.15, 0.2) is 18.2 Å². The highest BCUT2D eigenvalue weighted by Gasteiger charge is 2.28. The summed E-state index contributed by atoms with van der Waals surface area (Å²) in [5, 5.41) is 7.94. The van der Waals surface area contributed by atoms with Crippen molar-refractivity contribution >= 4 is 23.8 Å². The van der Waals surface area contributed by atoms with Gasteiger partial charge in [0, 0.05) is 16.6 Å². The summed E-state index contributed by atoms with van der Waals surface area (Å²) in [7, 11) is 0. The molecule has 0 bridgehead atoms. The van der Waals surface area contributed by atoms with Crippen molar-refractivity contribution in [2.24, 2.45) is 0 Å². The molecule has 0 saturated heterocycles. The van der Waals surface area contributed by atoms with Crippen LogP contribution in [0.4, 0.5) is 0 Å². The van der Waals surface area contributed by atoms with E-state index in [0.29, 0.717) is 10.8 Å².